The van der Waals surface area contributed by atoms with E-state index >= 15 is 0 Å². The molecule has 2 aromatic rings. The smallest absolute Gasteiger partial charge is 0.270 e. The lowest BCUT2D eigenvalue weighted by molar-refractivity contribution is -0.384. The van der Waals surface area contributed by atoms with Crippen molar-refractivity contribution in [3.63, 3.8) is 0 Å². The summed E-state index contributed by atoms with van der Waals surface area (Å²) in [4.78, 5) is 39.2. The largest absolute Gasteiger partial charge is 0.352 e. The van der Waals surface area contributed by atoms with Crippen LogP contribution < -0.4 is 10.9 Å². The number of nitrogens with zero attached hydrogens (tertiary/aromatic N) is 3. The zero-order chi connectivity index (χ0) is 18.0. The van der Waals surface area contributed by atoms with Gasteiger partial charge < -0.3 is 5.32 Å². The summed E-state index contributed by atoms with van der Waals surface area (Å²) in [6.07, 6.45) is 5.62. The quantitative estimate of drug-likeness (QED) is 0.674. The normalized spacial score (nSPS) is 20.4. The van der Waals surface area contributed by atoms with E-state index in [1.165, 1.54) is 35.5 Å². The number of benzene rings is 1. The van der Waals surface area contributed by atoms with Crippen LogP contribution in [0.4, 0.5) is 5.69 Å². The van der Waals surface area contributed by atoms with E-state index in [0.29, 0.717) is 11.4 Å². The van der Waals surface area contributed by atoms with Crippen LogP contribution in [0.25, 0.3) is 10.9 Å². The fraction of sp³-hybridized carbons (Fsp3) is 0.471. The van der Waals surface area contributed by atoms with Crippen molar-refractivity contribution in [3.05, 3.63) is 45.0 Å². The Morgan fingerprint density at radius 1 is 1.40 bits per heavy atom. The molecule has 1 aromatic carbocycles. The minimum atomic E-state index is -0.562. The van der Waals surface area contributed by atoms with E-state index < -0.39 is 10.5 Å². The Hall–Kier alpha value is -2.77. The summed E-state index contributed by atoms with van der Waals surface area (Å²) in [6.45, 7) is 1.97. The van der Waals surface area contributed by atoms with E-state index in [4.69, 9.17) is 0 Å². The highest BCUT2D eigenvalue weighted by Crippen LogP contribution is 2.23. The highest BCUT2D eigenvalue weighted by Gasteiger charge is 2.23. The van der Waals surface area contributed by atoms with Gasteiger partial charge in [0.1, 0.15) is 6.54 Å². The minimum Gasteiger partial charge on any atom is -0.352 e. The Morgan fingerprint density at radius 2 is 2.16 bits per heavy atom. The van der Waals surface area contributed by atoms with Crippen LogP contribution in [0.3, 0.4) is 0 Å². The average molecular weight is 344 g/mol. The molecular weight excluding hydrogens is 324 g/mol. The van der Waals surface area contributed by atoms with Crippen LogP contribution in [-0.4, -0.2) is 26.4 Å². The molecule has 1 saturated carbocycles. The predicted octanol–water partition coefficient (Wildman–Crippen LogP) is 2.00. The molecule has 25 heavy (non-hydrogen) atoms. The summed E-state index contributed by atoms with van der Waals surface area (Å²) in [5.74, 6) is 0.180. The number of nitro groups is 1. The summed E-state index contributed by atoms with van der Waals surface area (Å²) in [5.41, 5.74) is -0.265. The molecule has 2 atom stereocenters. The molecule has 3 rings (SSSR count). The molecule has 1 aromatic heterocycles. The fourth-order valence-electron chi connectivity index (χ4n) is 3.31. The maximum atomic E-state index is 12.5. The molecule has 8 nitrogen and oxygen atoms in total. The number of carbonyl (C=O) groups is 1. The van der Waals surface area contributed by atoms with Crippen molar-refractivity contribution in [2.45, 2.75) is 45.2 Å². The summed E-state index contributed by atoms with van der Waals surface area (Å²) in [5, 5.41) is 14.0. The molecule has 0 saturated heterocycles. The van der Waals surface area contributed by atoms with Crippen LogP contribution in [0.15, 0.2) is 29.3 Å². The van der Waals surface area contributed by atoms with Crippen LogP contribution in [0, 0.1) is 16.0 Å². The van der Waals surface area contributed by atoms with Gasteiger partial charge in [-0.25, -0.2) is 4.98 Å². The van der Waals surface area contributed by atoms with E-state index in [1.807, 2.05) is 0 Å². The zero-order valence-electron chi connectivity index (χ0n) is 14.0. The van der Waals surface area contributed by atoms with E-state index in [0.717, 1.165) is 19.3 Å². The first-order chi connectivity index (χ1) is 12.0. The van der Waals surface area contributed by atoms with Gasteiger partial charge in [0, 0.05) is 18.2 Å². The molecule has 132 valence electrons. The number of nitro benzene ring substituents is 1. The summed E-state index contributed by atoms with van der Waals surface area (Å²) in [6, 6.07) is 4.06. The van der Waals surface area contributed by atoms with E-state index in [1.54, 1.807) is 0 Å². The Morgan fingerprint density at radius 3 is 2.88 bits per heavy atom. The molecule has 8 heteroatoms. The van der Waals surface area contributed by atoms with Crippen molar-refractivity contribution in [2.75, 3.05) is 0 Å². The van der Waals surface area contributed by atoms with Crippen LogP contribution in [0.1, 0.15) is 32.6 Å². The number of nitrogens with one attached hydrogen (secondary N) is 1. The molecule has 0 aliphatic heterocycles. The second-order valence-corrected chi connectivity index (χ2v) is 6.57. The average Bonchev–Trinajstić information content (AvgIpc) is 2.59. The standard InChI is InChI=1S/C17H20N4O4/c1-11-4-2-3-5-14(11)19-16(22)9-20-10-18-15-7-6-12(21(24)25)8-13(15)17(20)23/h6-8,10-11,14H,2-5,9H2,1H3,(H,19,22). The van der Waals surface area contributed by atoms with Crippen molar-refractivity contribution in [1.82, 2.24) is 14.9 Å². The van der Waals surface area contributed by atoms with Gasteiger partial charge in [-0.2, -0.15) is 0 Å². The maximum Gasteiger partial charge on any atom is 0.270 e. The molecule has 0 bridgehead atoms. The van der Waals surface area contributed by atoms with E-state index in [2.05, 4.69) is 17.2 Å². The molecular formula is C17H20N4O4. The number of carbonyl (C=O) groups excluding carboxylic acids is 1. The lowest BCUT2D eigenvalue weighted by Gasteiger charge is -2.29. The van der Waals surface area contributed by atoms with Gasteiger partial charge in [0.15, 0.2) is 0 Å². The summed E-state index contributed by atoms with van der Waals surface area (Å²) in [7, 11) is 0. The lowest BCUT2D eigenvalue weighted by atomic mass is 9.86. The fourth-order valence-corrected chi connectivity index (χ4v) is 3.31. The van der Waals surface area contributed by atoms with E-state index in [9.17, 15) is 19.7 Å². The highest BCUT2D eigenvalue weighted by molar-refractivity contribution is 5.81. The van der Waals surface area contributed by atoms with Gasteiger partial charge in [-0.3, -0.25) is 24.3 Å². The molecule has 1 amide bonds. The van der Waals surface area contributed by atoms with Gasteiger partial charge in [-0.15, -0.1) is 0 Å². The number of hydrogen-bond donors (Lipinski definition) is 1. The minimum absolute atomic E-state index is 0.131. The zero-order valence-corrected chi connectivity index (χ0v) is 14.0. The van der Waals surface area contributed by atoms with Crippen molar-refractivity contribution in [3.8, 4) is 0 Å². The van der Waals surface area contributed by atoms with E-state index in [-0.39, 0.29) is 29.6 Å². The Labute approximate surface area is 144 Å². The first-order valence-electron chi connectivity index (χ1n) is 8.38. The lowest BCUT2D eigenvalue weighted by Crippen LogP contribution is -2.43. The first kappa shape index (κ1) is 17.1. The maximum absolute atomic E-state index is 12.5. The topological polar surface area (TPSA) is 107 Å². The summed E-state index contributed by atoms with van der Waals surface area (Å²) >= 11 is 0. The van der Waals surface area contributed by atoms with Gasteiger partial charge in [0.05, 0.1) is 22.2 Å². The molecule has 2 unspecified atom stereocenters. The third-order valence-corrected chi connectivity index (χ3v) is 4.79. The molecule has 1 heterocycles. The third-order valence-electron chi connectivity index (χ3n) is 4.79. The van der Waals surface area contributed by atoms with Crippen LogP contribution in [-0.2, 0) is 11.3 Å². The van der Waals surface area contributed by atoms with Crippen molar-refractivity contribution >= 4 is 22.5 Å². The van der Waals surface area contributed by atoms with Gasteiger partial charge in [0.25, 0.3) is 11.2 Å². The van der Waals surface area contributed by atoms with Gasteiger partial charge in [-0.05, 0) is 24.8 Å². The number of rotatable bonds is 4. The second kappa shape index (κ2) is 7.00. The Kier molecular flexibility index (Phi) is 4.78. The first-order valence-corrected chi connectivity index (χ1v) is 8.38. The number of hydrogen-bond acceptors (Lipinski definition) is 5. The SMILES string of the molecule is CC1CCCCC1NC(=O)Cn1cnc2ccc([N+](=O)[O-])cc2c1=O. The van der Waals surface area contributed by atoms with Gasteiger partial charge in [-0.1, -0.05) is 19.8 Å². The van der Waals surface area contributed by atoms with Crippen molar-refractivity contribution in [1.29, 1.82) is 0 Å². The Balaban J connectivity index is 1.81. The van der Waals surface area contributed by atoms with Crippen molar-refractivity contribution < 1.29 is 9.72 Å². The molecule has 1 aliphatic rings. The molecule has 0 spiro atoms. The predicted molar refractivity (Wildman–Crippen MR) is 92.2 cm³/mol. The second-order valence-electron chi connectivity index (χ2n) is 6.57. The van der Waals surface area contributed by atoms with Crippen LogP contribution >= 0.6 is 0 Å². The molecule has 1 fully saturated rings. The summed E-state index contributed by atoms with van der Waals surface area (Å²) < 4.78 is 1.19. The molecule has 1 aliphatic carbocycles. The molecule has 1 N–H and O–H groups in total. The van der Waals surface area contributed by atoms with Crippen molar-refractivity contribution in [2.24, 2.45) is 5.92 Å². The van der Waals surface area contributed by atoms with Crippen LogP contribution in [0.5, 0.6) is 0 Å². The third kappa shape index (κ3) is 3.67. The highest BCUT2D eigenvalue weighted by atomic mass is 16.6. The number of amides is 1. The Bertz CT molecular complexity index is 877. The van der Waals surface area contributed by atoms with Gasteiger partial charge >= 0.3 is 0 Å². The number of aromatic nitrogens is 2. The number of fused-ring (bicyclic) bond motifs is 1. The van der Waals surface area contributed by atoms with Gasteiger partial charge in [0.2, 0.25) is 5.91 Å². The molecule has 0 radical (unpaired) electrons. The monoisotopic (exact) mass is 344 g/mol. The van der Waals surface area contributed by atoms with Crippen LogP contribution in [0.2, 0.25) is 0 Å². The number of non-ortho nitro benzene ring substituents is 1.